The number of rotatable bonds is 5. The van der Waals surface area contributed by atoms with Gasteiger partial charge in [-0.25, -0.2) is 0 Å². The number of aryl methyl sites for hydroxylation is 2. The lowest BCUT2D eigenvalue weighted by Gasteiger charge is -2.15. The van der Waals surface area contributed by atoms with E-state index in [9.17, 15) is 4.79 Å². The Morgan fingerprint density at radius 3 is 2.70 bits per heavy atom. The van der Waals surface area contributed by atoms with E-state index < -0.39 is 0 Å². The third kappa shape index (κ3) is 2.71. The SMILES string of the molecule is COCC(Cn1c(=S)[nH]c2sc(C)c(C)c2c1=O)OC. The Morgan fingerprint density at radius 1 is 1.40 bits per heavy atom. The molecule has 0 saturated carbocycles. The molecular weight excluding hydrogens is 296 g/mol. The summed E-state index contributed by atoms with van der Waals surface area (Å²) in [6.45, 7) is 4.75. The number of nitrogens with one attached hydrogen (secondary N) is 1. The molecule has 2 aromatic rings. The molecule has 0 aromatic carbocycles. The summed E-state index contributed by atoms with van der Waals surface area (Å²) in [5.41, 5.74) is 0.944. The van der Waals surface area contributed by atoms with Gasteiger partial charge in [0.15, 0.2) is 4.77 Å². The van der Waals surface area contributed by atoms with Gasteiger partial charge < -0.3 is 14.5 Å². The Kier molecular flexibility index (Phi) is 4.74. The first-order chi connectivity index (χ1) is 9.49. The number of H-pyrrole nitrogens is 1. The minimum Gasteiger partial charge on any atom is -0.382 e. The molecule has 0 bridgehead atoms. The summed E-state index contributed by atoms with van der Waals surface area (Å²) in [5.74, 6) is 0. The average Bonchev–Trinajstić information content (AvgIpc) is 2.68. The average molecular weight is 314 g/mol. The van der Waals surface area contributed by atoms with Crippen LogP contribution in [0.15, 0.2) is 4.79 Å². The van der Waals surface area contributed by atoms with Crippen LogP contribution in [0.3, 0.4) is 0 Å². The molecule has 0 spiro atoms. The van der Waals surface area contributed by atoms with Crippen molar-refractivity contribution in [1.29, 1.82) is 0 Å². The maximum atomic E-state index is 12.6. The molecule has 1 unspecified atom stereocenters. The van der Waals surface area contributed by atoms with E-state index in [2.05, 4.69) is 4.98 Å². The van der Waals surface area contributed by atoms with Crippen LogP contribution in [0.5, 0.6) is 0 Å². The third-order valence-corrected chi connectivity index (χ3v) is 4.83. The molecule has 5 nitrogen and oxygen atoms in total. The van der Waals surface area contributed by atoms with Crippen LogP contribution in [0.2, 0.25) is 0 Å². The molecule has 0 saturated heterocycles. The van der Waals surface area contributed by atoms with Crippen molar-refractivity contribution in [3.63, 3.8) is 0 Å². The zero-order chi connectivity index (χ0) is 14.9. The highest BCUT2D eigenvalue weighted by Gasteiger charge is 2.15. The second-order valence-electron chi connectivity index (χ2n) is 4.65. The Balaban J connectivity index is 2.56. The minimum absolute atomic E-state index is 0.0660. The van der Waals surface area contributed by atoms with Crippen LogP contribution in [0.1, 0.15) is 10.4 Å². The van der Waals surface area contributed by atoms with Gasteiger partial charge in [0.1, 0.15) is 4.83 Å². The van der Waals surface area contributed by atoms with E-state index >= 15 is 0 Å². The van der Waals surface area contributed by atoms with Gasteiger partial charge in [-0.15, -0.1) is 11.3 Å². The summed E-state index contributed by atoms with van der Waals surface area (Å²) >= 11 is 6.85. The van der Waals surface area contributed by atoms with Crippen molar-refractivity contribution in [3.05, 3.63) is 25.6 Å². The summed E-state index contributed by atoms with van der Waals surface area (Å²) < 4.78 is 12.4. The lowest BCUT2D eigenvalue weighted by atomic mass is 10.2. The number of fused-ring (bicyclic) bond motifs is 1. The fraction of sp³-hybridized carbons (Fsp3) is 0.538. The molecule has 0 radical (unpaired) electrons. The van der Waals surface area contributed by atoms with E-state index in [4.69, 9.17) is 21.7 Å². The van der Waals surface area contributed by atoms with Crippen LogP contribution in [0.25, 0.3) is 10.2 Å². The first-order valence-corrected chi connectivity index (χ1v) is 7.46. The van der Waals surface area contributed by atoms with Gasteiger partial charge in [0.2, 0.25) is 0 Å². The van der Waals surface area contributed by atoms with Gasteiger partial charge in [0.25, 0.3) is 5.56 Å². The van der Waals surface area contributed by atoms with E-state index in [1.807, 2.05) is 13.8 Å². The van der Waals surface area contributed by atoms with Crippen molar-refractivity contribution in [3.8, 4) is 0 Å². The van der Waals surface area contributed by atoms with Crippen molar-refractivity contribution >= 4 is 33.8 Å². The highest BCUT2D eigenvalue weighted by Crippen LogP contribution is 2.25. The Labute approximate surface area is 126 Å². The summed E-state index contributed by atoms with van der Waals surface area (Å²) in [4.78, 5) is 17.7. The van der Waals surface area contributed by atoms with E-state index in [0.29, 0.717) is 23.3 Å². The quantitative estimate of drug-likeness (QED) is 0.861. The van der Waals surface area contributed by atoms with Crippen LogP contribution in [0.4, 0.5) is 0 Å². The third-order valence-electron chi connectivity index (χ3n) is 3.38. The van der Waals surface area contributed by atoms with E-state index in [0.717, 1.165) is 15.3 Å². The highest BCUT2D eigenvalue weighted by molar-refractivity contribution is 7.71. The van der Waals surface area contributed by atoms with Crippen molar-refractivity contribution in [2.75, 3.05) is 20.8 Å². The lowest BCUT2D eigenvalue weighted by Crippen LogP contribution is -2.31. The summed E-state index contributed by atoms with van der Waals surface area (Å²) in [6.07, 6.45) is -0.203. The van der Waals surface area contributed by atoms with Gasteiger partial charge >= 0.3 is 0 Å². The number of thiophene rings is 1. The second kappa shape index (κ2) is 6.17. The highest BCUT2D eigenvalue weighted by atomic mass is 32.1. The fourth-order valence-corrected chi connectivity index (χ4v) is 3.49. The molecule has 0 aliphatic rings. The van der Waals surface area contributed by atoms with Crippen LogP contribution < -0.4 is 5.56 Å². The lowest BCUT2D eigenvalue weighted by molar-refractivity contribution is 0.0175. The molecular formula is C13H18N2O3S2. The van der Waals surface area contributed by atoms with E-state index in [-0.39, 0.29) is 11.7 Å². The van der Waals surface area contributed by atoms with Crippen LogP contribution >= 0.6 is 23.6 Å². The maximum absolute atomic E-state index is 12.6. The van der Waals surface area contributed by atoms with Gasteiger partial charge in [-0.2, -0.15) is 0 Å². The molecule has 0 amide bonds. The minimum atomic E-state index is -0.203. The Hall–Kier alpha value is -1.02. The zero-order valence-corrected chi connectivity index (χ0v) is 13.6. The molecule has 0 aliphatic heterocycles. The number of hydrogen-bond acceptors (Lipinski definition) is 5. The zero-order valence-electron chi connectivity index (χ0n) is 12.0. The van der Waals surface area contributed by atoms with Crippen molar-refractivity contribution in [2.45, 2.75) is 26.5 Å². The van der Waals surface area contributed by atoms with Gasteiger partial charge in [-0.05, 0) is 31.6 Å². The molecule has 2 heterocycles. The van der Waals surface area contributed by atoms with Crippen molar-refractivity contribution in [2.24, 2.45) is 0 Å². The largest absolute Gasteiger partial charge is 0.382 e. The number of methoxy groups -OCH3 is 2. The molecule has 110 valence electrons. The number of hydrogen-bond donors (Lipinski definition) is 1. The smallest absolute Gasteiger partial charge is 0.263 e. The maximum Gasteiger partial charge on any atom is 0.263 e. The summed E-state index contributed by atoms with van der Waals surface area (Å²) in [6, 6.07) is 0. The molecule has 7 heteroatoms. The van der Waals surface area contributed by atoms with Gasteiger partial charge in [-0.3, -0.25) is 9.36 Å². The summed E-state index contributed by atoms with van der Waals surface area (Å²) in [5, 5.41) is 0.716. The van der Waals surface area contributed by atoms with Crippen LogP contribution in [0, 0.1) is 18.6 Å². The molecule has 0 aliphatic carbocycles. The van der Waals surface area contributed by atoms with Crippen molar-refractivity contribution in [1.82, 2.24) is 9.55 Å². The molecule has 20 heavy (non-hydrogen) atoms. The van der Waals surface area contributed by atoms with Gasteiger partial charge in [0.05, 0.1) is 24.6 Å². The Morgan fingerprint density at radius 2 is 2.10 bits per heavy atom. The predicted molar refractivity (Wildman–Crippen MR) is 83.4 cm³/mol. The normalized spacial score (nSPS) is 13.0. The number of ether oxygens (including phenoxy) is 2. The van der Waals surface area contributed by atoms with E-state index in [1.54, 1.807) is 30.1 Å². The van der Waals surface area contributed by atoms with E-state index in [1.165, 1.54) is 0 Å². The number of nitrogens with zero attached hydrogens (tertiary/aromatic N) is 1. The second-order valence-corrected chi connectivity index (χ2v) is 6.26. The topological polar surface area (TPSA) is 56.2 Å². The monoisotopic (exact) mass is 314 g/mol. The first-order valence-electron chi connectivity index (χ1n) is 6.24. The van der Waals surface area contributed by atoms with Crippen LogP contribution in [-0.4, -0.2) is 36.5 Å². The summed E-state index contributed by atoms with van der Waals surface area (Å²) in [7, 11) is 3.20. The Bertz CT molecular complexity index is 730. The standard InChI is InChI=1S/C13H18N2O3S2/c1-7-8(2)20-11-10(7)12(16)15(13(19)14-11)5-9(18-4)6-17-3/h9H,5-6H2,1-4H3,(H,14,19). The number of aromatic nitrogens is 2. The molecule has 0 fully saturated rings. The predicted octanol–water partition coefficient (Wildman–Crippen LogP) is 2.40. The van der Waals surface area contributed by atoms with Crippen molar-refractivity contribution < 1.29 is 9.47 Å². The molecule has 1 N–H and O–H groups in total. The molecule has 2 rings (SSSR count). The molecule has 1 atom stereocenters. The van der Waals surface area contributed by atoms with Crippen LogP contribution in [-0.2, 0) is 16.0 Å². The fourth-order valence-electron chi connectivity index (χ4n) is 2.11. The van der Waals surface area contributed by atoms with Gasteiger partial charge in [0, 0.05) is 19.1 Å². The molecule has 2 aromatic heterocycles. The first kappa shape index (κ1) is 15.4. The van der Waals surface area contributed by atoms with Gasteiger partial charge in [-0.1, -0.05) is 0 Å². The number of aromatic amines is 1.